The molecule has 0 radical (unpaired) electrons. The topological polar surface area (TPSA) is 53.0 Å². The van der Waals surface area contributed by atoms with E-state index < -0.39 is 6.10 Å². The van der Waals surface area contributed by atoms with Gasteiger partial charge in [0.1, 0.15) is 6.10 Å². The summed E-state index contributed by atoms with van der Waals surface area (Å²) >= 11 is 1.93. The molecule has 0 bridgehead atoms. The minimum atomic E-state index is -0.850. The highest BCUT2D eigenvalue weighted by molar-refractivity contribution is 8.00. The fourth-order valence-electron chi connectivity index (χ4n) is 4.95. The summed E-state index contributed by atoms with van der Waals surface area (Å²) < 4.78 is 5.51. The Hall–Kier alpha value is -0.300. The van der Waals surface area contributed by atoms with Gasteiger partial charge in [0.2, 0.25) is 0 Å². The molecule has 0 aromatic carbocycles. The zero-order chi connectivity index (χ0) is 18.7. The van der Waals surface area contributed by atoms with Gasteiger partial charge in [0.25, 0.3) is 5.91 Å². The minimum Gasteiger partial charge on any atom is -0.382 e. The van der Waals surface area contributed by atoms with Crippen LogP contribution in [-0.4, -0.2) is 83.9 Å². The number of hydrogen-bond donors (Lipinski definition) is 1. The number of methoxy groups -OCH3 is 1. The molecule has 1 heterocycles. The number of carbonyl (C=O) groups is 1. The number of rotatable bonds is 5. The number of thioether (sulfide) groups is 1. The molecule has 4 unspecified atom stereocenters. The Morgan fingerprint density at radius 1 is 1.15 bits per heavy atom. The van der Waals surface area contributed by atoms with Gasteiger partial charge in [-0.25, -0.2) is 0 Å². The molecular weight excluding hydrogens is 348 g/mol. The number of aliphatic hydroxyl groups is 1. The van der Waals surface area contributed by atoms with Crippen LogP contribution < -0.4 is 0 Å². The Morgan fingerprint density at radius 2 is 1.85 bits per heavy atom. The van der Waals surface area contributed by atoms with Gasteiger partial charge in [-0.2, -0.15) is 0 Å². The standard InChI is InChI=1S/C20H36N2O3S/c1-21(2)12-13-22-16-6-4-5-7-17(16)26-19(18(23)20(22)24)14-8-10-15(25-3)11-9-14/h14-19,23H,4-13H2,1-3H3. The Balaban J connectivity index is 1.75. The summed E-state index contributed by atoms with van der Waals surface area (Å²) in [4.78, 5) is 17.4. The first kappa shape index (κ1) is 20.4. The third-order valence-corrected chi connectivity index (χ3v) is 8.41. The molecule has 3 rings (SSSR count). The van der Waals surface area contributed by atoms with E-state index in [1.807, 2.05) is 30.8 Å². The van der Waals surface area contributed by atoms with E-state index in [2.05, 4.69) is 4.90 Å². The largest absolute Gasteiger partial charge is 0.382 e. The van der Waals surface area contributed by atoms with Gasteiger partial charge < -0.3 is 19.6 Å². The van der Waals surface area contributed by atoms with Crippen molar-refractivity contribution in [1.82, 2.24) is 9.80 Å². The van der Waals surface area contributed by atoms with Crippen molar-refractivity contribution in [1.29, 1.82) is 0 Å². The zero-order valence-corrected chi connectivity index (χ0v) is 17.4. The highest BCUT2D eigenvalue weighted by Crippen LogP contribution is 2.44. The number of ether oxygens (including phenoxy) is 1. The first-order valence-electron chi connectivity index (χ1n) is 10.3. The smallest absolute Gasteiger partial charge is 0.252 e. The van der Waals surface area contributed by atoms with Crippen molar-refractivity contribution in [3.05, 3.63) is 0 Å². The fourth-order valence-corrected chi connectivity index (χ4v) is 6.88. The summed E-state index contributed by atoms with van der Waals surface area (Å²) in [5.74, 6) is 0.411. The molecule has 0 aromatic rings. The van der Waals surface area contributed by atoms with Gasteiger partial charge in [0.15, 0.2) is 0 Å². The number of carbonyl (C=O) groups excluding carboxylic acids is 1. The predicted molar refractivity (Wildman–Crippen MR) is 106 cm³/mol. The molecule has 0 aromatic heterocycles. The third-order valence-electron chi connectivity index (χ3n) is 6.55. The Kier molecular flexibility index (Phi) is 7.28. The second-order valence-electron chi connectivity index (χ2n) is 8.54. The number of aliphatic hydroxyl groups excluding tert-OH is 1. The summed E-state index contributed by atoms with van der Waals surface area (Å²) in [5.41, 5.74) is 0. The van der Waals surface area contributed by atoms with Gasteiger partial charge in [-0.3, -0.25) is 4.79 Å². The van der Waals surface area contributed by atoms with Gasteiger partial charge >= 0.3 is 0 Å². The van der Waals surface area contributed by atoms with Crippen LogP contribution in [0, 0.1) is 5.92 Å². The molecule has 1 saturated heterocycles. The molecule has 4 atom stereocenters. The molecule has 1 aliphatic heterocycles. The molecule has 5 nitrogen and oxygen atoms in total. The maximum Gasteiger partial charge on any atom is 0.252 e. The van der Waals surface area contributed by atoms with E-state index in [0.29, 0.717) is 23.3 Å². The van der Waals surface area contributed by atoms with Gasteiger partial charge in [-0.15, -0.1) is 11.8 Å². The first-order valence-corrected chi connectivity index (χ1v) is 11.3. The maximum absolute atomic E-state index is 13.2. The van der Waals surface area contributed by atoms with E-state index in [4.69, 9.17) is 4.74 Å². The highest BCUT2D eigenvalue weighted by Gasteiger charge is 2.46. The van der Waals surface area contributed by atoms with E-state index in [9.17, 15) is 9.90 Å². The Labute approximate surface area is 162 Å². The molecule has 1 N–H and O–H groups in total. The lowest BCUT2D eigenvalue weighted by molar-refractivity contribution is -0.143. The molecule has 150 valence electrons. The lowest BCUT2D eigenvalue weighted by Gasteiger charge is -2.38. The molecule has 6 heteroatoms. The van der Waals surface area contributed by atoms with Crippen molar-refractivity contribution in [2.24, 2.45) is 5.92 Å². The molecule has 26 heavy (non-hydrogen) atoms. The first-order chi connectivity index (χ1) is 12.5. The monoisotopic (exact) mass is 384 g/mol. The van der Waals surface area contributed by atoms with Crippen molar-refractivity contribution in [3.8, 4) is 0 Å². The number of amides is 1. The van der Waals surface area contributed by atoms with Crippen LogP contribution in [-0.2, 0) is 9.53 Å². The van der Waals surface area contributed by atoms with Crippen molar-refractivity contribution in [2.45, 2.75) is 80.1 Å². The number of nitrogens with zero attached hydrogens (tertiary/aromatic N) is 2. The molecule has 2 saturated carbocycles. The quantitative estimate of drug-likeness (QED) is 0.789. The number of fused-ring (bicyclic) bond motifs is 1. The number of likely N-dealkylation sites (N-methyl/N-ethyl adjacent to an activating group) is 1. The molecule has 1 amide bonds. The van der Waals surface area contributed by atoms with Crippen LogP contribution in [0.1, 0.15) is 51.4 Å². The van der Waals surface area contributed by atoms with E-state index in [1.165, 1.54) is 19.3 Å². The summed E-state index contributed by atoms with van der Waals surface area (Å²) in [7, 11) is 5.88. The Morgan fingerprint density at radius 3 is 2.50 bits per heavy atom. The Bertz CT molecular complexity index is 468. The van der Waals surface area contributed by atoms with E-state index in [1.54, 1.807) is 7.11 Å². The van der Waals surface area contributed by atoms with E-state index in [-0.39, 0.29) is 11.2 Å². The van der Waals surface area contributed by atoms with E-state index >= 15 is 0 Å². The lowest BCUT2D eigenvalue weighted by atomic mass is 9.83. The molecule has 3 fully saturated rings. The summed E-state index contributed by atoms with van der Waals surface area (Å²) in [6.45, 7) is 1.59. The van der Waals surface area contributed by atoms with Gasteiger partial charge in [0.05, 0.1) is 6.10 Å². The molecule has 3 aliphatic rings. The molecule has 2 aliphatic carbocycles. The van der Waals surface area contributed by atoms with Crippen molar-refractivity contribution < 1.29 is 14.6 Å². The van der Waals surface area contributed by atoms with Crippen LogP contribution >= 0.6 is 11.8 Å². The minimum absolute atomic E-state index is 0.0207. The molecule has 0 spiro atoms. The van der Waals surface area contributed by atoms with Crippen LogP contribution in [0.5, 0.6) is 0 Å². The predicted octanol–water partition coefficient (Wildman–Crippen LogP) is 2.37. The van der Waals surface area contributed by atoms with Crippen LogP contribution in [0.25, 0.3) is 0 Å². The summed E-state index contributed by atoms with van der Waals surface area (Å²) in [5, 5.41) is 11.6. The van der Waals surface area contributed by atoms with Crippen LogP contribution in [0.15, 0.2) is 0 Å². The zero-order valence-electron chi connectivity index (χ0n) is 16.6. The highest BCUT2D eigenvalue weighted by atomic mass is 32.2. The van der Waals surface area contributed by atoms with Crippen LogP contribution in [0.3, 0.4) is 0 Å². The van der Waals surface area contributed by atoms with E-state index in [0.717, 1.165) is 45.2 Å². The van der Waals surface area contributed by atoms with Gasteiger partial charge in [-0.1, -0.05) is 12.8 Å². The average molecular weight is 385 g/mol. The van der Waals surface area contributed by atoms with Crippen LogP contribution in [0.2, 0.25) is 0 Å². The van der Waals surface area contributed by atoms with Crippen molar-refractivity contribution in [3.63, 3.8) is 0 Å². The fraction of sp³-hybridized carbons (Fsp3) is 0.950. The molecular formula is C20H36N2O3S. The lowest BCUT2D eigenvalue weighted by Crippen LogP contribution is -2.51. The van der Waals surface area contributed by atoms with Crippen molar-refractivity contribution in [2.75, 3.05) is 34.3 Å². The normalized spacial score (nSPS) is 39.0. The second kappa shape index (κ2) is 9.26. The third kappa shape index (κ3) is 4.57. The SMILES string of the molecule is COC1CCC(C2SC3CCCCC3N(CCN(C)C)C(=O)C2O)CC1. The maximum atomic E-state index is 13.2. The van der Waals surface area contributed by atoms with Crippen molar-refractivity contribution >= 4 is 17.7 Å². The van der Waals surface area contributed by atoms with Gasteiger partial charge in [0, 0.05) is 36.7 Å². The number of hydrogen-bond acceptors (Lipinski definition) is 5. The summed E-state index contributed by atoms with van der Waals surface area (Å²) in [6.07, 6.45) is 8.46. The summed E-state index contributed by atoms with van der Waals surface area (Å²) in [6, 6.07) is 0.302. The van der Waals surface area contributed by atoms with Gasteiger partial charge in [-0.05, 0) is 58.5 Å². The second-order valence-corrected chi connectivity index (χ2v) is 9.97. The average Bonchev–Trinajstić information content (AvgIpc) is 2.76. The van der Waals surface area contributed by atoms with Crippen LogP contribution in [0.4, 0.5) is 0 Å².